The number of hydrogen-bond acceptors (Lipinski definition) is 4. The molecule has 1 aliphatic rings. The van der Waals surface area contributed by atoms with Crippen LogP contribution in [0.2, 0.25) is 5.02 Å². The summed E-state index contributed by atoms with van der Waals surface area (Å²) in [5, 5.41) is 4.34. The third-order valence-electron chi connectivity index (χ3n) is 4.95. The first-order chi connectivity index (χ1) is 12.8. The van der Waals surface area contributed by atoms with Gasteiger partial charge >= 0.3 is 0 Å². The van der Waals surface area contributed by atoms with Crippen molar-refractivity contribution < 1.29 is 4.74 Å². The van der Waals surface area contributed by atoms with Crippen LogP contribution in [0.1, 0.15) is 51.2 Å². The van der Waals surface area contributed by atoms with Crippen LogP contribution < -0.4 is 10.3 Å². The molecular weight excluding hydrogens is 362 g/mol. The molecule has 0 saturated carbocycles. The average Bonchev–Trinajstić information content (AvgIpc) is 2.65. The Morgan fingerprint density at radius 2 is 1.78 bits per heavy atom. The van der Waals surface area contributed by atoms with Gasteiger partial charge in [0.1, 0.15) is 6.61 Å². The van der Waals surface area contributed by atoms with E-state index in [1.165, 1.54) is 22.9 Å². The van der Waals surface area contributed by atoms with Gasteiger partial charge in [-0.15, -0.1) is 0 Å². The molecule has 0 atom stereocenters. The third kappa shape index (κ3) is 5.11. The minimum absolute atomic E-state index is 0.0910. The molecule has 1 saturated heterocycles. The van der Waals surface area contributed by atoms with Crippen LogP contribution >= 0.6 is 11.6 Å². The van der Waals surface area contributed by atoms with Gasteiger partial charge in [0.2, 0.25) is 0 Å². The molecule has 5 nitrogen and oxygen atoms in total. The Hall–Kier alpha value is -1.85. The lowest BCUT2D eigenvalue weighted by molar-refractivity contribution is 0.169. The first-order valence-corrected chi connectivity index (χ1v) is 9.92. The Morgan fingerprint density at radius 1 is 1.11 bits per heavy atom. The smallest absolute Gasteiger partial charge is 0.290 e. The number of rotatable bonds is 5. The van der Waals surface area contributed by atoms with Gasteiger partial charge in [0.15, 0.2) is 10.8 Å². The highest BCUT2D eigenvalue weighted by atomic mass is 35.5. The zero-order valence-corrected chi connectivity index (χ0v) is 17.1. The maximum atomic E-state index is 12.5. The Kier molecular flexibility index (Phi) is 6.22. The lowest BCUT2D eigenvalue weighted by Crippen LogP contribution is -2.37. The number of piperidine rings is 1. The molecule has 0 unspecified atom stereocenters. The quantitative estimate of drug-likeness (QED) is 0.768. The molecule has 0 N–H and O–H groups in total. The summed E-state index contributed by atoms with van der Waals surface area (Å²) in [5.41, 5.74) is 2.11. The molecule has 6 heteroatoms. The van der Waals surface area contributed by atoms with Gasteiger partial charge in [0.25, 0.3) is 5.56 Å². The van der Waals surface area contributed by atoms with Crippen molar-refractivity contribution in [2.75, 3.05) is 13.1 Å². The van der Waals surface area contributed by atoms with Gasteiger partial charge in [-0.05, 0) is 42.5 Å². The largest absolute Gasteiger partial charge is 0.485 e. The fourth-order valence-electron chi connectivity index (χ4n) is 3.20. The molecule has 1 aromatic heterocycles. The molecule has 0 radical (unpaired) electrons. The van der Waals surface area contributed by atoms with Crippen molar-refractivity contribution in [1.82, 2.24) is 14.7 Å². The number of ether oxygens (including phenoxy) is 1. The van der Waals surface area contributed by atoms with Crippen molar-refractivity contribution in [3.05, 3.63) is 57.0 Å². The second-order valence-corrected chi connectivity index (χ2v) is 8.56. The van der Waals surface area contributed by atoms with Gasteiger partial charge < -0.3 is 4.74 Å². The van der Waals surface area contributed by atoms with E-state index in [1.54, 1.807) is 0 Å². The van der Waals surface area contributed by atoms with Crippen LogP contribution in [0, 0.1) is 0 Å². The number of aromatic nitrogens is 2. The van der Waals surface area contributed by atoms with Crippen LogP contribution in [-0.2, 0) is 18.7 Å². The number of benzene rings is 1. The molecule has 1 fully saturated rings. The highest BCUT2D eigenvalue weighted by molar-refractivity contribution is 6.31. The van der Waals surface area contributed by atoms with E-state index in [4.69, 9.17) is 16.3 Å². The molecule has 27 heavy (non-hydrogen) atoms. The van der Waals surface area contributed by atoms with E-state index in [0.717, 1.165) is 31.5 Å². The molecule has 2 aromatic rings. The van der Waals surface area contributed by atoms with E-state index >= 15 is 0 Å². The predicted octanol–water partition coefficient (Wildman–Crippen LogP) is 4.22. The number of halogens is 1. The van der Waals surface area contributed by atoms with Crippen LogP contribution in [0.4, 0.5) is 0 Å². The molecule has 0 spiro atoms. The summed E-state index contributed by atoms with van der Waals surface area (Å²) >= 11 is 6.25. The monoisotopic (exact) mass is 389 g/mol. The van der Waals surface area contributed by atoms with Crippen molar-refractivity contribution in [2.45, 2.75) is 58.7 Å². The van der Waals surface area contributed by atoms with Crippen molar-refractivity contribution >= 4 is 11.6 Å². The zero-order valence-electron chi connectivity index (χ0n) is 16.4. The normalized spacial score (nSPS) is 15.7. The molecule has 1 aromatic carbocycles. The van der Waals surface area contributed by atoms with Crippen LogP contribution in [0.15, 0.2) is 35.3 Å². The molecule has 1 aliphatic heterocycles. The SMILES string of the molecule is CC(C)(C)c1ccc(COc2cnn(CN3CCCCC3)c(=O)c2Cl)cc1. The molecule has 0 bridgehead atoms. The second kappa shape index (κ2) is 8.44. The first-order valence-electron chi connectivity index (χ1n) is 9.55. The molecule has 3 rings (SSSR count). The second-order valence-electron chi connectivity index (χ2n) is 8.18. The third-order valence-corrected chi connectivity index (χ3v) is 5.30. The van der Waals surface area contributed by atoms with Crippen molar-refractivity contribution in [1.29, 1.82) is 0 Å². The maximum absolute atomic E-state index is 12.5. The molecule has 0 amide bonds. The molecule has 2 heterocycles. The number of hydrogen-bond donors (Lipinski definition) is 0. The first kappa shape index (κ1) is 19.9. The highest BCUT2D eigenvalue weighted by Crippen LogP contribution is 2.23. The maximum Gasteiger partial charge on any atom is 0.290 e. The fourth-order valence-corrected chi connectivity index (χ4v) is 3.40. The van der Waals surface area contributed by atoms with Gasteiger partial charge in [0, 0.05) is 0 Å². The summed E-state index contributed by atoms with van der Waals surface area (Å²) in [7, 11) is 0. The van der Waals surface area contributed by atoms with Crippen LogP contribution in [0.5, 0.6) is 5.75 Å². The topological polar surface area (TPSA) is 47.4 Å². The summed E-state index contributed by atoms with van der Waals surface area (Å²) in [4.78, 5) is 14.7. The lowest BCUT2D eigenvalue weighted by Gasteiger charge is -2.26. The lowest BCUT2D eigenvalue weighted by atomic mass is 9.87. The molecule has 146 valence electrons. The summed E-state index contributed by atoms with van der Waals surface area (Å²) < 4.78 is 7.17. The molecule has 0 aliphatic carbocycles. The number of likely N-dealkylation sites (tertiary alicyclic amines) is 1. The summed E-state index contributed by atoms with van der Waals surface area (Å²) in [6.45, 7) is 9.37. The van der Waals surface area contributed by atoms with Crippen LogP contribution in [0.25, 0.3) is 0 Å². The average molecular weight is 390 g/mol. The number of nitrogens with zero attached hydrogens (tertiary/aromatic N) is 3. The Morgan fingerprint density at radius 3 is 2.41 bits per heavy atom. The van der Waals surface area contributed by atoms with Gasteiger partial charge in [-0.25, -0.2) is 4.68 Å². The zero-order chi connectivity index (χ0) is 19.4. The summed E-state index contributed by atoms with van der Waals surface area (Å²) in [6, 6.07) is 8.29. The van der Waals surface area contributed by atoms with Gasteiger partial charge in [0.05, 0.1) is 12.9 Å². The van der Waals surface area contributed by atoms with Crippen molar-refractivity contribution in [3.8, 4) is 5.75 Å². The van der Waals surface area contributed by atoms with E-state index in [9.17, 15) is 4.79 Å². The van der Waals surface area contributed by atoms with E-state index in [-0.39, 0.29) is 16.0 Å². The van der Waals surface area contributed by atoms with Crippen molar-refractivity contribution in [3.63, 3.8) is 0 Å². The van der Waals surface area contributed by atoms with E-state index in [0.29, 0.717) is 19.0 Å². The van der Waals surface area contributed by atoms with Crippen LogP contribution in [-0.4, -0.2) is 27.8 Å². The predicted molar refractivity (Wildman–Crippen MR) is 108 cm³/mol. The Labute approximate surface area is 165 Å². The molecular formula is C21H28ClN3O2. The van der Waals surface area contributed by atoms with Gasteiger partial charge in [-0.3, -0.25) is 9.69 Å². The van der Waals surface area contributed by atoms with E-state index in [2.05, 4.69) is 42.9 Å². The van der Waals surface area contributed by atoms with Crippen molar-refractivity contribution in [2.24, 2.45) is 0 Å². The van der Waals surface area contributed by atoms with Crippen LogP contribution in [0.3, 0.4) is 0 Å². The Bertz CT molecular complexity index is 819. The minimum atomic E-state index is -0.303. The summed E-state index contributed by atoms with van der Waals surface area (Å²) in [5.74, 6) is 0.330. The van der Waals surface area contributed by atoms with Gasteiger partial charge in [-0.1, -0.05) is 63.1 Å². The van der Waals surface area contributed by atoms with E-state index < -0.39 is 0 Å². The minimum Gasteiger partial charge on any atom is -0.485 e. The highest BCUT2D eigenvalue weighted by Gasteiger charge is 2.16. The fraction of sp³-hybridized carbons (Fsp3) is 0.524. The van der Waals surface area contributed by atoms with Gasteiger partial charge in [-0.2, -0.15) is 5.10 Å². The standard InChI is InChI=1S/C21H28ClN3O2/c1-21(2,3)17-9-7-16(8-10-17)14-27-18-13-23-25(20(26)19(18)22)15-24-11-5-4-6-12-24/h7-10,13H,4-6,11-12,14-15H2,1-3H3. The Balaban J connectivity index is 1.65. The summed E-state index contributed by atoms with van der Waals surface area (Å²) in [6.07, 6.45) is 5.12. The van der Waals surface area contributed by atoms with E-state index in [1.807, 2.05) is 12.1 Å².